The Balaban J connectivity index is 1.85. The maximum absolute atomic E-state index is 13.9. The number of benzene rings is 1. The number of thiophene rings is 1. The third-order valence-corrected chi connectivity index (χ3v) is 7.20. The van der Waals surface area contributed by atoms with E-state index in [0.717, 1.165) is 10.4 Å². The van der Waals surface area contributed by atoms with Crippen LogP contribution in [0, 0.1) is 11.3 Å². The highest BCUT2D eigenvalue weighted by Crippen LogP contribution is 2.45. The summed E-state index contributed by atoms with van der Waals surface area (Å²) in [6.45, 7) is 2.99. The average molecular weight is 530 g/mol. The molecule has 2 aromatic heterocycles. The van der Waals surface area contributed by atoms with E-state index in [9.17, 15) is 28.3 Å². The second-order valence-corrected chi connectivity index (χ2v) is 10.2. The topological polar surface area (TPSA) is 85.4 Å². The summed E-state index contributed by atoms with van der Waals surface area (Å²) in [5, 5.41) is 23.6. The Morgan fingerprint density at radius 1 is 1.30 bits per heavy atom. The molecule has 3 heterocycles. The Morgan fingerprint density at radius 3 is 2.70 bits per heavy atom. The largest absolute Gasteiger partial charge is 0.508 e. The molecule has 194 valence electrons. The number of amides is 1. The van der Waals surface area contributed by atoms with E-state index in [4.69, 9.17) is 0 Å². The van der Waals surface area contributed by atoms with Crippen molar-refractivity contribution < 1.29 is 23.1 Å². The van der Waals surface area contributed by atoms with Gasteiger partial charge in [-0.05, 0) is 55.9 Å². The van der Waals surface area contributed by atoms with E-state index < -0.39 is 17.8 Å². The molecule has 11 heteroatoms. The molecule has 3 aromatic rings. The lowest BCUT2D eigenvalue weighted by Crippen LogP contribution is -2.37. The zero-order valence-electron chi connectivity index (χ0n) is 20.6. The minimum atomic E-state index is -4.68. The van der Waals surface area contributed by atoms with Gasteiger partial charge in [-0.1, -0.05) is 12.1 Å². The number of halogens is 3. The van der Waals surface area contributed by atoms with Crippen molar-refractivity contribution in [2.75, 3.05) is 27.2 Å². The Bertz CT molecular complexity index is 1380. The number of alkyl halides is 3. The van der Waals surface area contributed by atoms with Gasteiger partial charge < -0.3 is 14.9 Å². The minimum Gasteiger partial charge on any atom is -0.508 e. The summed E-state index contributed by atoms with van der Waals surface area (Å²) in [6.07, 6.45) is -0.101. The molecule has 0 spiro atoms. The van der Waals surface area contributed by atoms with Crippen LogP contribution in [0.1, 0.15) is 39.4 Å². The molecule has 1 unspecified atom stereocenters. The Hall–Kier alpha value is -3.62. The molecule has 1 amide bonds. The lowest BCUT2D eigenvalue weighted by molar-refractivity contribution is -0.141. The van der Waals surface area contributed by atoms with E-state index in [1.807, 2.05) is 19.0 Å². The minimum absolute atomic E-state index is 0.101. The van der Waals surface area contributed by atoms with E-state index >= 15 is 0 Å². The number of aromatic nitrogens is 2. The smallest absolute Gasteiger partial charge is 0.435 e. The molecule has 1 N–H and O–H groups in total. The summed E-state index contributed by atoms with van der Waals surface area (Å²) in [7, 11) is 3.76. The molecule has 7 nitrogen and oxygen atoms in total. The molecule has 0 aliphatic carbocycles. The number of hydrogen-bond acceptors (Lipinski definition) is 6. The monoisotopic (exact) mass is 529 g/mol. The van der Waals surface area contributed by atoms with Gasteiger partial charge in [-0.2, -0.15) is 23.5 Å². The van der Waals surface area contributed by atoms with Crippen molar-refractivity contribution in [3.8, 4) is 22.9 Å². The summed E-state index contributed by atoms with van der Waals surface area (Å²) in [4.78, 5) is 17.8. The lowest BCUT2D eigenvalue weighted by atomic mass is 9.83. The van der Waals surface area contributed by atoms with Crippen LogP contribution in [0.5, 0.6) is 5.75 Å². The number of likely N-dealkylation sites (N-methyl/N-ethyl adjacent to an activating group) is 1. The number of nitrogens with zero attached hydrogens (tertiary/aromatic N) is 5. The average Bonchev–Trinajstić information content (AvgIpc) is 3.47. The molecule has 1 aromatic carbocycles. The van der Waals surface area contributed by atoms with Crippen LogP contribution in [0.3, 0.4) is 0 Å². The number of phenols is 1. The molecule has 0 bridgehead atoms. The van der Waals surface area contributed by atoms with Gasteiger partial charge in [0.2, 0.25) is 5.91 Å². The lowest BCUT2D eigenvalue weighted by Gasteiger charge is -2.33. The van der Waals surface area contributed by atoms with Crippen LogP contribution in [0.25, 0.3) is 11.1 Å². The van der Waals surface area contributed by atoms with Gasteiger partial charge in [0.1, 0.15) is 16.7 Å². The first-order valence-corrected chi connectivity index (χ1v) is 12.4. The van der Waals surface area contributed by atoms with Crippen molar-refractivity contribution in [1.82, 2.24) is 19.6 Å². The molecule has 4 rings (SSSR count). The number of carbonyl (C=O) groups is 1. The number of aromatic hydroxyl groups is 1. The van der Waals surface area contributed by atoms with Gasteiger partial charge in [-0.15, -0.1) is 11.3 Å². The van der Waals surface area contributed by atoms with Gasteiger partial charge in [0.15, 0.2) is 5.69 Å². The third kappa shape index (κ3) is 5.55. The molecule has 0 fully saturated rings. The summed E-state index contributed by atoms with van der Waals surface area (Å²) in [5.41, 5.74) is 0.351. The first-order valence-electron chi connectivity index (χ1n) is 11.6. The molecule has 1 atom stereocenters. The summed E-state index contributed by atoms with van der Waals surface area (Å²) in [5.74, 6) is -0.899. The fourth-order valence-electron chi connectivity index (χ4n) is 4.45. The maximum atomic E-state index is 13.9. The van der Waals surface area contributed by atoms with Gasteiger partial charge in [0, 0.05) is 48.3 Å². The molecule has 1 aliphatic heterocycles. The molecule has 0 radical (unpaired) electrons. The molecule has 37 heavy (non-hydrogen) atoms. The van der Waals surface area contributed by atoms with E-state index in [1.54, 1.807) is 24.0 Å². The van der Waals surface area contributed by atoms with Crippen molar-refractivity contribution in [2.24, 2.45) is 0 Å². The van der Waals surface area contributed by atoms with E-state index in [-0.39, 0.29) is 35.9 Å². The van der Waals surface area contributed by atoms with Gasteiger partial charge in [0.25, 0.3) is 0 Å². The van der Waals surface area contributed by atoms with E-state index in [0.29, 0.717) is 23.5 Å². The fraction of sp³-hybridized carbons (Fsp3) is 0.346. The number of hydrogen-bond donors (Lipinski definition) is 1. The number of nitriles is 1. The fourth-order valence-corrected chi connectivity index (χ4v) is 5.49. The van der Waals surface area contributed by atoms with Gasteiger partial charge in [-0.25, -0.2) is 0 Å². The van der Waals surface area contributed by atoms with E-state index in [1.165, 1.54) is 46.5 Å². The maximum Gasteiger partial charge on any atom is 0.435 e. The summed E-state index contributed by atoms with van der Waals surface area (Å²) >= 11 is 1.26. The number of rotatable bonds is 6. The first kappa shape index (κ1) is 26.4. The van der Waals surface area contributed by atoms with Crippen molar-refractivity contribution in [2.45, 2.75) is 32.1 Å². The second-order valence-electron chi connectivity index (χ2n) is 9.05. The van der Waals surface area contributed by atoms with Crippen LogP contribution in [0.4, 0.5) is 13.2 Å². The third-order valence-electron chi connectivity index (χ3n) is 6.16. The number of fused-ring (bicyclic) bond motifs is 1. The van der Waals surface area contributed by atoms with Crippen LogP contribution >= 0.6 is 11.3 Å². The van der Waals surface area contributed by atoms with Gasteiger partial charge in [0.05, 0.1) is 6.54 Å². The number of phenolic OH excluding ortho intramolecular Hbond substituents is 1. The van der Waals surface area contributed by atoms with Crippen LogP contribution < -0.4 is 0 Å². The Kier molecular flexibility index (Phi) is 7.43. The van der Waals surface area contributed by atoms with Crippen molar-refractivity contribution in [3.63, 3.8) is 0 Å². The zero-order chi connectivity index (χ0) is 26.9. The molecule has 0 saturated carbocycles. The van der Waals surface area contributed by atoms with Crippen LogP contribution in [0.2, 0.25) is 0 Å². The predicted octanol–water partition coefficient (Wildman–Crippen LogP) is 4.82. The molecular weight excluding hydrogens is 503 g/mol. The van der Waals surface area contributed by atoms with Gasteiger partial charge in [-0.3, -0.25) is 9.48 Å². The van der Waals surface area contributed by atoms with Crippen LogP contribution in [0.15, 0.2) is 42.6 Å². The van der Waals surface area contributed by atoms with Crippen LogP contribution in [-0.4, -0.2) is 57.8 Å². The van der Waals surface area contributed by atoms with Crippen molar-refractivity contribution in [1.29, 1.82) is 5.26 Å². The second kappa shape index (κ2) is 10.4. The Labute approximate surface area is 216 Å². The first-order chi connectivity index (χ1) is 17.5. The number of aryl methyl sites for hydroxylation is 1. The summed E-state index contributed by atoms with van der Waals surface area (Å²) < 4.78 is 43.1. The van der Waals surface area contributed by atoms with Gasteiger partial charge >= 0.3 is 6.18 Å². The Morgan fingerprint density at radius 2 is 2.05 bits per heavy atom. The quantitative estimate of drug-likeness (QED) is 0.463. The number of carbonyl (C=O) groups excluding carboxylic acids is 1. The highest BCUT2D eigenvalue weighted by Gasteiger charge is 2.39. The normalized spacial score (nSPS) is 15.8. The van der Waals surface area contributed by atoms with Crippen LogP contribution in [-0.2, 0) is 24.1 Å². The highest BCUT2D eigenvalue weighted by atomic mass is 32.1. The SMILES string of the molecule is CCn1cc(-c2ccc(O)cc2C2CN(C(=O)/C=C/CN(C)C)Cc3sc(C#N)cc32)c(C(F)(F)F)n1. The highest BCUT2D eigenvalue weighted by molar-refractivity contribution is 7.12. The molecule has 0 saturated heterocycles. The van der Waals surface area contributed by atoms with Crippen molar-refractivity contribution in [3.05, 3.63) is 69.2 Å². The predicted molar refractivity (Wildman–Crippen MR) is 134 cm³/mol. The molecule has 1 aliphatic rings. The van der Waals surface area contributed by atoms with Crippen molar-refractivity contribution >= 4 is 17.2 Å². The molecular formula is C26H26F3N5O2S. The standard InChI is InChI=1S/C26H26F3N5O2S/c1-4-34-14-22(25(31-34)26(27,28)29)18-8-7-16(35)10-19(18)21-13-33(24(36)6-5-9-32(2)3)15-23-20(21)11-17(12-30)37-23/h5-8,10-11,14,21,35H,4,9,13,15H2,1-3H3/b6-5+. The summed E-state index contributed by atoms with van der Waals surface area (Å²) in [6, 6.07) is 8.08. The van der Waals surface area contributed by atoms with E-state index in [2.05, 4.69) is 11.2 Å². The zero-order valence-corrected chi connectivity index (χ0v) is 21.4.